The van der Waals surface area contributed by atoms with Gasteiger partial charge in [0, 0.05) is 11.4 Å². The first-order valence-corrected chi connectivity index (χ1v) is 9.37. The number of amides is 1. The minimum atomic E-state index is -1.78. The fourth-order valence-corrected chi connectivity index (χ4v) is 3.63. The quantitative estimate of drug-likeness (QED) is 0.244. The first kappa shape index (κ1) is 22.1. The van der Waals surface area contributed by atoms with Gasteiger partial charge < -0.3 is 14.8 Å². The Morgan fingerprint density at radius 3 is 1.78 bits per heavy atom. The first-order valence-electron chi connectivity index (χ1n) is 7.84. The summed E-state index contributed by atoms with van der Waals surface area (Å²) in [5.41, 5.74) is -1.84. The van der Waals surface area contributed by atoms with E-state index in [9.17, 15) is 14.4 Å². The summed E-state index contributed by atoms with van der Waals surface area (Å²) in [7, 11) is 0. The highest BCUT2D eigenvalue weighted by Gasteiger charge is 2.50. The van der Waals surface area contributed by atoms with E-state index in [1.165, 1.54) is 6.92 Å². The number of rotatable bonds is 10. The number of hydrogen-bond donors (Lipinski definition) is 1. The smallest absolute Gasteiger partial charge is 0.343 e. The summed E-state index contributed by atoms with van der Waals surface area (Å²) >= 11 is 2.29. The van der Waals surface area contributed by atoms with Crippen LogP contribution < -0.4 is 5.32 Å². The third-order valence-electron chi connectivity index (χ3n) is 3.59. The van der Waals surface area contributed by atoms with Gasteiger partial charge in [-0.3, -0.25) is 4.79 Å². The average molecular weight is 441 g/mol. The molecule has 0 bridgehead atoms. The van der Waals surface area contributed by atoms with Gasteiger partial charge in [0.25, 0.3) is 0 Å². The summed E-state index contributed by atoms with van der Waals surface area (Å²) in [4.78, 5) is 36.5. The van der Waals surface area contributed by atoms with E-state index < -0.39 is 23.4 Å². The van der Waals surface area contributed by atoms with Crippen LogP contribution in [0, 0.1) is 5.41 Å². The highest BCUT2D eigenvalue weighted by Crippen LogP contribution is 2.32. The lowest BCUT2D eigenvalue weighted by molar-refractivity contribution is -0.168. The van der Waals surface area contributed by atoms with Crippen molar-refractivity contribution in [1.29, 1.82) is 0 Å². The molecule has 0 heterocycles. The normalized spacial score (nSPS) is 11.7. The van der Waals surface area contributed by atoms with Crippen molar-refractivity contribution in [3.05, 3.63) is 0 Å². The molecule has 0 unspecified atom stereocenters. The molecule has 0 radical (unpaired) electrons. The second kappa shape index (κ2) is 10.1. The van der Waals surface area contributed by atoms with E-state index >= 15 is 0 Å². The molecule has 0 atom stereocenters. The van der Waals surface area contributed by atoms with Crippen LogP contribution >= 0.6 is 22.6 Å². The van der Waals surface area contributed by atoms with Crippen molar-refractivity contribution >= 4 is 40.4 Å². The zero-order valence-corrected chi connectivity index (χ0v) is 16.8. The Kier molecular flexibility index (Phi) is 9.72. The highest BCUT2D eigenvalue weighted by molar-refractivity contribution is 14.1. The molecule has 134 valence electrons. The maximum Gasteiger partial charge on any atom is 0.343 e. The van der Waals surface area contributed by atoms with Crippen LogP contribution in [0.3, 0.4) is 0 Å². The van der Waals surface area contributed by atoms with Crippen molar-refractivity contribution in [3.8, 4) is 0 Å². The SMILES string of the molecule is CCOC(=O)C(CCC(C)(C)CCI)(NC(C)=O)C(=O)OCC. The number of hydrogen-bond acceptors (Lipinski definition) is 5. The van der Waals surface area contributed by atoms with Gasteiger partial charge in [0.05, 0.1) is 13.2 Å². The summed E-state index contributed by atoms with van der Waals surface area (Å²) < 4.78 is 11.1. The van der Waals surface area contributed by atoms with Gasteiger partial charge in [0.15, 0.2) is 0 Å². The molecule has 0 spiro atoms. The Balaban J connectivity index is 5.56. The van der Waals surface area contributed by atoms with E-state index in [1.807, 2.05) is 0 Å². The number of esters is 2. The summed E-state index contributed by atoms with van der Waals surface area (Å²) in [6.07, 6.45) is 1.66. The van der Waals surface area contributed by atoms with Crippen molar-refractivity contribution in [2.45, 2.75) is 59.4 Å². The molecule has 0 aliphatic heterocycles. The molecule has 0 aromatic carbocycles. The van der Waals surface area contributed by atoms with E-state index in [0.717, 1.165) is 10.8 Å². The lowest BCUT2D eigenvalue weighted by atomic mass is 9.79. The Bertz CT molecular complexity index is 405. The van der Waals surface area contributed by atoms with Gasteiger partial charge in [-0.25, -0.2) is 9.59 Å². The topological polar surface area (TPSA) is 81.7 Å². The molecule has 1 amide bonds. The van der Waals surface area contributed by atoms with Crippen molar-refractivity contribution in [3.63, 3.8) is 0 Å². The van der Waals surface area contributed by atoms with Crippen LogP contribution in [0.1, 0.15) is 53.9 Å². The number of nitrogens with one attached hydrogen (secondary N) is 1. The first-order chi connectivity index (χ1) is 10.6. The van der Waals surface area contributed by atoms with Gasteiger partial charge in [-0.1, -0.05) is 36.4 Å². The van der Waals surface area contributed by atoms with Crippen molar-refractivity contribution < 1.29 is 23.9 Å². The summed E-state index contributed by atoms with van der Waals surface area (Å²) in [6.45, 7) is 8.96. The second-order valence-corrected chi connectivity index (χ2v) is 7.21. The van der Waals surface area contributed by atoms with Crippen LogP contribution in [0.25, 0.3) is 0 Å². The second-order valence-electron chi connectivity index (χ2n) is 6.13. The van der Waals surface area contributed by atoms with Crippen LogP contribution in [-0.4, -0.2) is 41.0 Å². The Morgan fingerprint density at radius 1 is 0.957 bits per heavy atom. The van der Waals surface area contributed by atoms with Gasteiger partial charge in [-0.15, -0.1) is 0 Å². The van der Waals surface area contributed by atoms with E-state index in [2.05, 4.69) is 41.8 Å². The lowest BCUT2D eigenvalue weighted by Gasteiger charge is -2.33. The molecule has 0 fully saturated rings. The molecule has 7 heteroatoms. The Labute approximate surface area is 152 Å². The van der Waals surface area contributed by atoms with Crippen LogP contribution in [0.4, 0.5) is 0 Å². The number of carbonyl (C=O) groups is 3. The van der Waals surface area contributed by atoms with Gasteiger partial charge in [-0.2, -0.15) is 0 Å². The largest absolute Gasteiger partial charge is 0.464 e. The summed E-state index contributed by atoms with van der Waals surface area (Å²) in [5, 5.41) is 2.49. The number of alkyl halides is 1. The Morgan fingerprint density at radius 2 is 1.43 bits per heavy atom. The fraction of sp³-hybridized carbons (Fsp3) is 0.812. The van der Waals surface area contributed by atoms with E-state index in [-0.39, 0.29) is 25.0 Å². The fourth-order valence-electron chi connectivity index (χ4n) is 2.17. The molecule has 0 aromatic heterocycles. The number of carbonyl (C=O) groups excluding carboxylic acids is 3. The average Bonchev–Trinajstić information content (AvgIpc) is 2.43. The molecule has 0 saturated carbocycles. The predicted molar refractivity (Wildman–Crippen MR) is 96.3 cm³/mol. The van der Waals surface area contributed by atoms with Crippen LogP contribution in [0.2, 0.25) is 0 Å². The third kappa shape index (κ3) is 7.05. The molecule has 0 aliphatic carbocycles. The molecule has 6 nitrogen and oxygen atoms in total. The molecule has 0 saturated heterocycles. The molecule has 0 aliphatic rings. The number of halogens is 1. The maximum atomic E-state index is 12.5. The standard InChI is InChI=1S/C16H28INO5/c1-6-22-13(20)16(18-12(3)19,14(21)23-7-2)9-8-15(4,5)10-11-17/h6-11H2,1-5H3,(H,18,19). The van der Waals surface area contributed by atoms with Gasteiger partial charge in [0.1, 0.15) is 0 Å². The van der Waals surface area contributed by atoms with Crippen LogP contribution in [0.15, 0.2) is 0 Å². The number of ether oxygens (including phenoxy) is 2. The van der Waals surface area contributed by atoms with E-state index in [1.54, 1.807) is 13.8 Å². The van der Waals surface area contributed by atoms with E-state index in [4.69, 9.17) is 9.47 Å². The van der Waals surface area contributed by atoms with Crippen LogP contribution in [-0.2, 0) is 23.9 Å². The molecule has 0 aromatic rings. The van der Waals surface area contributed by atoms with Gasteiger partial charge in [0.2, 0.25) is 11.4 Å². The zero-order chi connectivity index (χ0) is 18.1. The molecule has 23 heavy (non-hydrogen) atoms. The predicted octanol–water partition coefficient (Wildman–Crippen LogP) is 2.62. The van der Waals surface area contributed by atoms with Crippen molar-refractivity contribution in [1.82, 2.24) is 5.32 Å². The maximum absolute atomic E-state index is 12.5. The van der Waals surface area contributed by atoms with Crippen molar-refractivity contribution in [2.24, 2.45) is 5.41 Å². The Hall–Kier alpha value is -0.860. The molecular weight excluding hydrogens is 413 g/mol. The molecular formula is C16H28INO5. The lowest BCUT2D eigenvalue weighted by Crippen LogP contribution is -2.61. The molecule has 1 N–H and O–H groups in total. The zero-order valence-electron chi connectivity index (χ0n) is 14.7. The van der Waals surface area contributed by atoms with E-state index in [0.29, 0.717) is 6.42 Å². The van der Waals surface area contributed by atoms with Crippen molar-refractivity contribution in [2.75, 3.05) is 17.6 Å². The third-order valence-corrected chi connectivity index (χ3v) is 4.12. The van der Waals surface area contributed by atoms with Crippen LogP contribution in [0.5, 0.6) is 0 Å². The monoisotopic (exact) mass is 441 g/mol. The van der Waals surface area contributed by atoms with Gasteiger partial charge >= 0.3 is 11.9 Å². The minimum Gasteiger partial charge on any atom is -0.464 e. The minimum absolute atomic E-state index is 0.0656. The molecule has 0 rings (SSSR count). The summed E-state index contributed by atoms with van der Waals surface area (Å²) in [5.74, 6) is -2.00. The van der Waals surface area contributed by atoms with Gasteiger partial charge in [-0.05, 0) is 38.5 Å². The summed E-state index contributed by atoms with van der Waals surface area (Å²) in [6, 6.07) is 0. The highest BCUT2D eigenvalue weighted by atomic mass is 127.